The van der Waals surface area contributed by atoms with Crippen LogP contribution in [0.15, 0.2) is 54.6 Å². The number of nitrogens with one attached hydrogen (secondary N) is 1. The Hall–Kier alpha value is -1.84. The second kappa shape index (κ2) is 9.38. The molecular weight excluding hydrogens is 334 g/mol. The Bertz CT molecular complexity index is 681. The highest BCUT2D eigenvalue weighted by atomic mass is 16.5. The lowest BCUT2D eigenvalue weighted by Crippen LogP contribution is -2.36. The molecule has 0 aromatic heterocycles. The molecule has 1 fully saturated rings. The minimum Gasteiger partial charge on any atom is -0.497 e. The molecule has 0 bridgehead atoms. The van der Waals surface area contributed by atoms with Crippen LogP contribution in [-0.4, -0.2) is 25.9 Å². The Kier molecular flexibility index (Phi) is 6.92. The summed E-state index contributed by atoms with van der Waals surface area (Å²) in [6.45, 7) is 7.24. The van der Waals surface area contributed by atoms with Crippen LogP contribution in [0.4, 0.5) is 0 Å². The fourth-order valence-corrected chi connectivity index (χ4v) is 4.23. The molecule has 0 amide bonds. The average Bonchev–Trinajstić information content (AvgIpc) is 2.68. The zero-order valence-corrected chi connectivity index (χ0v) is 16.9. The third-order valence-electron chi connectivity index (χ3n) is 5.65. The van der Waals surface area contributed by atoms with Crippen LogP contribution >= 0.6 is 0 Å². The lowest BCUT2D eigenvalue weighted by Gasteiger charge is -2.39. The van der Waals surface area contributed by atoms with Gasteiger partial charge in [0.1, 0.15) is 5.75 Å². The summed E-state index contributed by atoms with van der Waals surface area (Å²) in [6, 6.07) is 19.3. The van der Waals surface area contributed by atoms with Gasteiger partial charge in [-0.15, -0.1) is 0 Å². The van der Waals surface area contributed by atoms with E-state index in [0.717, 1.165) is 44.7 Å². The van der Waals surface area contributed by atoms with Crippen LogP contribution < -0.4 is 10.1 Å². The summed E-state index contributed by atoms with van der Waals surface area (Å²) in [7, 11) is 1.70. The van der Waals surface area contributed by atoms with E-state index in [1.54, 1.807) is 7.11 Å². The minimum absolute atomic E-state index is 0.00747. The highest BCUT2D eigenvalue weighted by Crippen LogP contribution is 2.39. The van der Waals surface area contributed by atoms with E-state index >= 15 is 0 Å². The van der Waals surface area contributed by atoms with Crippen molar-refractivity contribution in [2.24, 2.45) is 5.92 Å². The van der Waals surface area contributed by atoms with Crippen LogP contribution in [0, 0.1) is 5.92 Å². The van der Waals surface area contributed by atoms with Gasteiger partial charge in [-0.25, -0.2) is 0 Å². The lowest BCUT2D eigenvalue weighted by atomic mass is 9.75. The average molecular weight is 368 g/mol. The zero-order chi connectivity index (χ0) is 19.1. The molecule has 146 valence electrons. The summed E-state index contributed by atoms with van der Waals surface area (Å²) >= 11 is 0. The van der Waals surface area contributed by atoms with Gasteiger partial charge in [-0.2, -0.15) is 0 Å². The number of rotatable bonds is 8. The molecule has 27 heavy (non-hydrogen) atoms. The van der Waals surface area contributed by atoms with E-state index in [9.17, 15) is 0 Å². The van der Waals surface area contributed by atoms with E-state index in [4.69, 9.17) is 9.47 Å². The van der Waals surface area contributed by atoms with Crippen molar-refractivity contribution in [2.45, 2.75) is 51.2 Å². The van der Waals surface area contributed by atoms with Gasteiger partial charge in [-0.05, 0) is 74.8 Å². The lowest BCUT2D eigenvalue weighted by molar-refractivity contribution is -0.0771. The van der Waals surface area contributed by atoms with Crippen molar-refractivity contribution < 1.29 is 9.47 Å². The first-order valence-electron chi connectivity index (χ1n) is 10.1. The SMILES string of the molecule is COc1ccc(CNCC[C@H](c2ccccc2)[C@@H]2CCOC(C)(C)C2)cc1. The first kappa shape index (κ1) is 19.9. The zero-order valence-electron chi connectivity index (χ0n) is 16.9. The predicted octanol–water partition coefficient (Wildman–Crippen LogP) is 5.16. The van der Waals surface area contributed by atoms with Gasteiger partial charge < -0.3 is 14.8 Å². The quantitative estimate of drug-likeness (QED) is 0.654. The fourth-order valence-electron chi connectivity index (χ4n) is 4.23. The second-order valence-electron chi connectivity index (χ2n) is 8.19. The van der Waals surface area contributed by atoms with Crippen LogP contribution in [0.25, 0.3) is 0 Å². The number of ether oxygens (including phenoxy) is 2. The predicted molar refractivity (Wildman–Crippen MR) is 111 cm³/mol. The van der Waals surface area contributed by atoms with Crippen molar-refractivity contribution in [2.75, 3.05) is 20.3 Å². The van der Waals surface area contributed by atoms with E-state index in [1.807, 2.05) is 12.1 Å². The molecule has 1 saturated heterocycles. The van der Waals surface area contributed by atoms with E-state index in [0.29, 0.717) is 11.8 Å². The van der Waals surface area contributed by atoms with E-state index in [-0.39, 0.29) is 5.60 Å². The molecule has 0 unspecified atom stereocenters. The van der Waals surface area contributed by atoms with Crippen LogP contribution in [-0.2, 0) is 11.3 Å². The minimum atomic E-state index is -0.00747. The largest absolute Gasteiger partial charge is 0.497 e. The molecule has 2 atom stereocenters. The van der Waals surface area contributed by atoms with Crippen LogP contribution in [0.5, 0.6) is 5.75 Å². The first-order valence-corrected chi connectivity index (χ1v) is 10.1. The molecule has 1 aliphatic rings. The summed E-state index contributed by atoms with van der Waals surface area (Å²) < 4.78 is 11.2. The molecule has 0 radical (unpaired) electrons. The van der Waals surface area contributed by atoms with Gasteiger partial charge in [0.15, 0.2) is 0 Å². The van der Waals surface area contributed by atoms with Gasteiger partial charge in [0.25, 0.3) is 0 Å². The Labute approximate surface area is 164 Å². The second-order valence-corrected chi connectivity index (χ2v) is 8.19. The molecule has 1 N–H and O–H groups in total. The summed E-state index contributed by atoms with van der Waals surface area (Å²) in [5.74, 6) is 2.17. The number of benzene rings is 2. The molecule has 0 saturated carbocycles. The highest BCUT2D eigenvalue weighted by molar-refractivity contribution is 5.27. The molecule has 0 aliphatic carbocycles. The van der Waals surface area contributed by atoms with Crippen molar-refractivity contribution >= 4 is 0 Å². The van der Waals surface area contributed by atoms with Gasteiger partial charge in [-0.1, -0.05) is 42.5 Å². The summed E-state index contributed by atoms with van der Waals surface area (Å²) in [4.78, 5) is 0. The molecule has 3 nitrogen and oxygen atoms in total. The highest BCUT2D eigenvalue weighted by Gasteiger charge is 2.33. The van der Waals surface area contributed by atoms with Crippen LogP contribution in [0.1, 0.15) is 50.2 Å². The number of hydrogen-bond donors (Lipinski definition) is 1. The number of methoxy groups -OCH3 is 1. The summed E-state index contributed by atoms with van der Waals surface area (Å²) in [5.41, 5.74) is 2.75. The maximum atomic E-state index is 5.96. The monoisotopic (exact) mass is 367 g/mol. The Balaban J connectivity index is 1.58. The van der Waals surface area contributed by atoms with Crippen LogP contribution in [0.3, 0.4) is 0 Å². The summed E-state index contributed by atoms with van der Waals surface area (Å²) in [6.07, 6.45) is 3.44. The third kappa shape index (κ3) is 5.82. The van der Waals surface area contributed by atoms with Gasteiger partial charge in [0, 0.05) is 13.2 Å². The van der Waals surface area contributed by atoms with Crippen molar-refractivity contribution in [3.05, 3.63) is 65.7 Å². The summed E-state index contributed by atoms with van der Waals surface area (Å²) in [5, 5.41) is 3.63. The van der Waals surface area contributed by atoms with Crippen molar-refractivity contribution in [3.8, 4) is 5.75 Å². The molecular formula is C24H33NO2. The molecule has 0 spiro atoms. The molecule has 3 rings (SSSR count). The van der Waals surface area contributed by atoms with Crippen molar-refractivity contribution in [1.82, 2.24) is 5.32 Å². The van der Waals surface area contributed by atoms with E-state index in [1.165, 1.54) is 11.1 Å². The Morgan fingerprint density at radius 2 is 1.85 bits per heavy atom. The van der Waals surface area contributed by atoms with E-state index in [2.05, 4.69) is 61.6 Å². The molecule has 1 aliphatic heterocycles. The smallest absolute Gasteiger partial charge is 0.118 e. The maximum Gasteiger partial charge on any atom is 0.118 e. The van der Waals surface area contributed by atoms with Gasteiger partial charge in [0.05, 0.1) is 12.7 Å². The first-order chi connectivity index (χ1) is 13.1. The van der Waals surface area contributed by atoms with Gasteiger partial charge >= 0.3 is 0 Å². The molecule has 2 aromatic carbocycles. The van der Waals surface area contributed by atoms with Gasteiger partial charge in [-0.3, -0.25) is 0 Å². The topological polar surface area (TPSA) is 30.5 Å². The molecule has 2 aromatic rings. The van der Waals surface area contributed by atoms with Crippen LogP contribution in [0.2, 0.25) is 0 Å². The van der Waals surface area contributed by atoms with Crippen molar-refractivity contribution in [1.29, 1.82) is 0 Å². The molecule has 3 heteroatoms. The third-order valence-corrected chi connectivity index (χ3v) is 5.65. The maximum absolute atomic E-state index is 5.96. The molecule has 1 heterocycles. The Morgan fingerprint density at radius 1 is 1.11 bits per heavy atom. The number of hydrogen-bond acceptors (Lipinski definition) is 3. The normalized spacial score (nSPS) is 20.2. The standard InChI is InChI=1S/C24H33NO2/c1-24(2)17-21(14-16-27-24)23(20-7-5-4-6-8-20)13-15-25-18-19-9-11-22(26-3)12-10-19/h4-12,21,23,25H,13-18H2,1-3H3/t21-,23-/m1/s1. The van der Waals surface area contributed by atoms with Gasteiger partial charge in [0.2, 0.25) is 0 Å². The Morgan fingerprint density at radius 3 is 2.52 bits per heavy atom. The fraction of sp³-hybridized carbons (Fsp3) is 0.500. The van der Waals surface area contributed by atoms with Crippen molar-refractivity contribution in [3.63, 3.8) is 0 Å². The van der Waals surface area contributed by atoms with E-state index < -0.39 is 0 Å².